The van der Waals surface area contributed by atoms with Gasteiger partial charge in [0.1, 0.15) is 0 Å². The maximum Gasteiger partial charge on any atom is 0.201 e. The molecule has 2 N–H and O–H groups in total. The van der Waals surface area contributed by atoms with Crippen LogP contribution in [0.2, 0.25) is 0 Å². The lowest BCUT2D eigenvalue weighted by atomic mass is 10.3. The molecule has 20 heavy (non-hydrogen) atoms. The zero-order valence-electron chi connectivity index (χ0n) is 11.4. The molecule has 0 bridgehead atoms. The minimum atomic E-state index is 0.597. The Hall–Kier alpha value is -1.11. The fraction of sp³-hybridized carbons (Fsp3) is 0.500. The van der Waals surface area contributed by atoms with Crippen molar-refractivity contribution < 1.29 is 4.74 Å². The summed E-state index contributed by atoms with van der Waals surface area (Å²) in [6.45, 7) is 5.75. The highest BCUT2D eigenvalue weighted by molar-refractivity contribution is 9.10. The Balaban J connectivity index is 1.67. The quantitative estimate of drug-likeness (QED) is 0.927. The van der Waals surface area contributed by atoms with E-state index in [0.29, 0.717) is 5.95 Å². The Morgan fingerprint density at radius 1 is 1.25 bits per heavy atom. The zero-order chi connectivity index (χ0) is 13.9. The van der Waals surface area contributed by atoms with E-state index in [1.54, 1.807) is 0 Å². The zero-order valence-corrected chi connectivity index (χ0v) is 13.0. The molecule has 2 aromatic rings. The number of fused-ring (bicyclic) bond motifs is 1. The number of ether oxygens (including phenoxy) is 1. The maximum atomic E-state index is 6.03. The van der Waals surface area contributed by atoms with Gasteiger partial charge in [0.2, 0.25) is 5.95 Å². The molecule has 1 aromatic heterocycles. The Kier molecular flexibility index (Phi) is 4.24. The Morgan fingerprint density at radius 3 is 2.85 bits per heavy atom. The number of benzene rings is 1. The summed E-state index contributed by atoms with van der Waals surface area (Å²) in [5.41, 5.74) is 8.08. The van der Waals surface area contributed by atoms with Gasteiger partial charge in [0.15, 0.2) is 0 Å². The fourth-order valence-corrected chi connectivity index (χ4v) is 2.98. The predicted octanol–water partition coefficient (Wildman–Crippen LogP) is 2.10. The minimum absolute atomic E-state index is 0.597. The molecule has 1 fully saturated rings. The molecule has 108 valence electrons. The van der Waals surface area contributed by atoms with Gasteiger partial charge in [-0.1, -0.05) is 15.9 Å². The number of aryl methyl sites for hydroxylation is 1. The number of morpholine rings is 1. The summed E-state index contributed by atoms with van der Waals surface area (Å²) in [7, 11) is 0. The molecule has 0 spiro atoms. The molecule has 0 aliphatic carbocycles. The third-order valence-corrected chi connectivity index (χ3v) is 4.19. The lowest BCUT2D eigenvalue weighted by molar-refractivity contribution is 0.0370. The normalized spacial score (nSPS) is 16.9. The van der Waals surface area contributed by atoms with Crippen LogP contribution < -0.4 is 5.73 Å². The first-order valence-electron chi connectivity index (χ1n) is 6.95. The molecular formula is C14H19BrN4O. The monoisotopic (exact) mass is 338 g/mol. The van der Waals surface area contributed by atoms with Crippen molar-refractivity contribution in [3.8, 4) is 0 Å². The average molecular weight is 339 g/mol. The van der Waals surface area contributed by atoms with Crippen LogP contribution in [0, 0.1) is 0 Å². The van der Waals surface area contributed by atoms with E-state index in [-0.39, 0.29) is 0 Å². The van der Waals surface area contributed by atoms with Gasteiger partial charge in [-0.3, -0.25) is 4.90 Å². The van der Waals surface area contributed by atoms with Gasteiger partial charge in [0, 0.05) is 30.7 Å². The highest BCUT2D eigenvalue weighted by atomic mass is 79.9. The van der Waals surface area contributed by atoms with Gasteiger partial charge in [-0.2, -0.15) is 0 Å². The smallest absolute Gasteiger partial charge is 0.201 e. The first-order valence-corrected chi connectivity index (χ1v) is 7.75. The molecule has 1 aromatic carbocycles. The number of aromatic nitrogens is 2. The second-order valence-electron chi connectivity index (χ2n) is 5.06. The van der Waals surface area contributed by atoms with E-state index in [2.05, 4.69) is 36.4 Å². The molecular weight excluding hydrogens is 320 g/mol. The van der Waals surface area contributed by atoms with Gasteiger partial charge in [-0.05, 0) is 24.6 Å². The second kappa shape index (κ2) is 6.11. The van der Waals surface area contributed by atoms with E-state index in [9.17, 15) is 0 Å². The number of rotatable bonds is 4. The van der Waals surface area contributed by atoms with Gasteiger partial charge >= 0.3 is 0 Å². The molecule has 0 atom stereocenters. The summed E-state index contributed by atoms with van der Waals surface area (Å²) in [5.74, 6) is 0.597. The third kappa shape index (κ3) is 2.97. The van der Waals surface area contributed by atoms with Crippen LogP contribution in [0.1, 0.15) is 6.42 Å². The van der Waals surface area contributed by atoms with Crippen molar-refractivity contribution in [2.75, 3.05) is 38.6 Å². The van der Waals surface area contributed by atoms with Crippen molar-refractivity contribution in [2.24, 2.45) is 0 Å². The summed E-state index contributed by atoms with van der Waals surface area (Å²) in [6.07, 6.45) is 1.07. The second-order valence-corrected chi connectivity index (χ2v) is 5.98. The topological polar surface area (TPSA) is 56.3 Å². The molecule has 0 unspecified atom stereocenters. The number of nitrogen functional groups attached to an aromatic ring is 1. The molecule has 0 amide bonds. The first kappa shape index (κ1) is 13.9. The fourth-order valence-electron chi connectivity index (χ4n) is 2.63. The van der Waals surface area contributed by atoms with Crippen molar-refractivity contribution in [1.29, 1.82) is 0 Å². The molecule has 1 aliphatic rings. The van der Waals surface area contributed by atoms with Crippen LogP contribution in [-0.2, 0) is 11.3 Å². The van der Waals surface area contributed by atoms with Crippen LogP contribution in [0.15, 0.2) is 22.7 Å². The number of hydrogen-bond acceptors (Lipinski definition) is 4. The van der Waals surface area contributed by atoms with Crippen LogP contribution in [0.4, 0.5) is 5.95 Å². The van der Waals surface area contributed by atoms with Crippen molar-refractivity contribution in [3.63, 3.8) is 0 Å². The van der Waals surface area contributed by atoms with Crippen LogP contribution in [0.5, 0.6) is 0 Å². The minimum Gasteiger partial charge on any atom is -0.379 e. The molecule has 1 saturated heterocycles. The van der Waals surface area contributed by atoms with Crippen LogP contribution in [0.3, 0.4) is 0 Å². The van der Waals surface area contributed by atoms with Gasteiger partial charge in [0.25, 0.3) is 0 Å². The average Bonchev–Trinajstić information content (AvgIpc) is 2.76. The highest BCUT2D eigenvalue weighted by Crippen LogP contribution is 2.22. The molecule has 3 rings (SSSR count). The molecule has 0 saturated carbocycles. The van der Waals surface area contributed by atoms with E-state index < -0.39 is 0 Å². The summed E-state index contributed by atoms with van der Waals surface area (Å²) < 4.78 is 8.51. The summed E-state index contributed by atoms with van der Waals surface area (Å²) in [5, 5.41) is 0. The highest BCUT2D eigenvalue weighted by Gasteiger charge is 2.11. The SMILES string of the molecule is Nc1nc2ccc(Br)cc2n1CCCN1CCOCC1. The van der Waals surface area contributed by atoms with Crippen molar-refractivity contribution >= 4 is 32.9 Å². The van der Waals surface area contributed by atoms with Gasteiger partial charge in [-0.25, -0.2) is 4.98 Å². The van der Waals surface area contributed by atoms with Gasteiger partial charge in [0.05, 0.1) is 24.2 Å². The van der Waals surface area contributed by atoms with Crippen LogP contribution in [-0.4, -0.2) is 47.3 Å². The van der Waals surface area contributed by atoms with E-state index >= 15 is 0 Å². The molecule has 0 radical (unpaired) electrons. The van der Waals surface area contributed by atoms with Gasteiger partial charge in [-0.15, -0.1) is 0 Å². The van der Waals surface area contributed by atoms with E-state index in [0.717, 1.165) is 61.3 Å². The molecule has 6 heteroatoms. The van der Waals surface area contributed by atoms with Crippen LogP contribution >= 0.6 is 15.9 Å². The van der Waals surface area contributed by atoms with E-state index in [1.165, 1.54) is 0 Å². The lowest BCUT2D eigenvalue weighted by Crippen LogP contribution is -2.37. The number of anilines is 1. The van der Waals surface area contributed by atoms with Crippen molar-refractivity contribution in [1.82, 2.24) is 14.5 Å². The predicted molar refractivity (Wildman–Crippen MR) is 83.7 cm³/mol. The summed E-state index contributed by atoms with van der Waals surface area (Å²) in [4.78, 5) is 6.85. The molecule has 2 heterocycles. The largest absolute Gasteiger partial charge is 0.379 e. The molecule has 5 nitrogen and oxygen atoms in total. The first-order chi connectivity index (χ1) is 9.74. The Labute approximate surface area is 126 Å². The number of hydrogen-bond donors (Lipinski definition) is 1. The van der Waals surface area contributed by atoms with Gasteiger partial charge < -0.3 is 15.0 Å². The standard InChI is InChI=1S/C14H19BrN4O/c15-11-2-3-12-13(10-11)19(14(16)17-12)5-1-4-18-6-8-20-9-7-18/h2-3,10H,1,4-9H2,(H2,16,17). The van der Waals surface area contributed by atoms with Crippen LogP contribution in [0.25, 0.3) is 11.0 Å². The van der Waals surface area contributed by atoms with Crippen molar-refractivity contribution in [3.05, 3.63) is 22.7 Å². The van der Waals surface area contributed by atoms with E-state index in [4.69, 9.17) is 10.5 Å². The van der Waals surface area contributed by atoms with Crippen molar-refractivity contribution in [2.45, 2.75) is 13.0 Å². The molecule has 1 aliphatic heterocycles. The number of halogens is 1. The third-order valence-electron chi connectivity index (χ3n) is 3.70. The van der Waals surface area contributed by atoms with E-state index in [1.807, 2.05) is 12.1 Å². The maximum absolute atomic E-state index is 6.03. The lowest BCUT2D eigenvalue weighted by Gasteiger charge is -2.26. The Bertz CT molecular complexity index is 592. The Morgan fingerprint density at radius 2 is 2.05 bits per heavy atom. The summed E-state index contributed by atoms with van der Waals surface area (Å²) in [6, 6.07) is 6.06. The number of imidazole rings is 1. The number of nitrogens with zero attached hydrogens (tertiary/aromatic N) is 3. The number of nitrogens with two attached hydrogens (primary N) is 1. The summed E-state index contributed by atoms with van der Waals surface area (Å²) >= 11 is 3.50.